The number of anilines is 4. The number of halogens is 5. The fraction of sp³-hybridized carbons (Fsp3) is 0.476. The maximum atomic E-state index is 15.3. The summed E-state index contributed by atoms with van der Waals surface area (Å²) >= 11 is 14.5. The lowest BCUT2D eigenvalue weighted by atomic mass is 9.85. The average molecular weight is 2000 g/mol. The Bertz CT molecular complexity index is 5870. The van der Waals surface area contributed by atoms with Gasteiger partial charge in [0.15, 0.2) is 39.0 Å². The summed E-state index contributed by atoms with van der Waals surface area (Å²) < 4.78 is 106. The van der Waals surface area contributed by atoms with Crippen molar-refractivity contribution < 1.29 is 88.7 Å². The molecule has 6 heterocycles. The molecule has 2 aromatic heterocycles. The van der Waals surface area contributed by atoms with E-state index in [1.165, 1.54) is 60.0 Å². The summed E-state index contributed by atoms with van der Waals surface area (Å²) in [6, 6.07) is 31.0. The molecule has 4 aliphatic rings. The molecule has 0 radical (unpaired) electrons. The van der Waals surface area contributed by atoms with E-state index in [2.05, 4.69) is 36.1 Å². The number of rotatable bonds is 41. The third-order valence-electron chi connectivity index (χ3n) is 24.6. The average Bonchev–Trinajstić information content (AvgIpc) is 1.58. The van der Waals surface area contributed by atoms with Gasteiger partial charge in [0, 0.05) is 95.0 Å². The largest absolute Gasteiger partial charge is 0.491 e. The van der Waals surface area contributed by atoms with Gasteiger partial charge in [-0.1, -0.05) is 110 Å². The molecule has 0 unspecified atom stereocenters. The number of nitrogens with zero attached hydrogens (tertiary/aromatic N) is 10. The first-order valence-corrected chi connectivity index (χ1v) is 49.3. The second-order valence-electron chi connectivity index (χ2n) is 38.6. The normalized spacial score (nSPS) is 17.3. The zero-order chi connectivity index (χ0) is 102. The van der Waals surface area contributed by atoms with E-state index < -0.39 is 92.7 Å². The SMILES string of the molecule is Cc1ncsc1-c1ccc(CNC(=O)[C@@H]2C[C@@H](C)CN2C(=O)[C@@H](NC(=O)COCCCCOCCCCOc2ccc(N3C(=S)N(c4ccc(C#N)c(C(F)(F)F)c4)C(=O)C3(C)C)cc2F)C(C)(C)C)cc1.[C-]#[N+]c1ccc(N2C(=O)C(C)(C)N(c3ccc(OCCCCOCCCOCC(=O)N[C@H](C(=O)N4C[C@H](C)C[C@H]4C(=O)NCc4ccc(-c5scnc5C)cc4)C(C)(C)C)c(F)c3)C2=S)cc1C. The predicted octanol–water partition coefficient (Wildman–Crippen LogP) is 17.8. The highest BCUT2D eigenvalue weighted by molar-refractivity contribution is 7.81. The molecule has 4 aliphatic heterocycles. The molecule has 4 fully saturated rings. The fourth-order valence-corrected chi connectivity index (χ4v) is 19.6. The van der Waals surface area contributed by atoms with Crippen molar-refractivity contribution in [2.75, 3.05) is 98.8 Å². The Balaban J connectivity index is 0.000000268. The van der Waals surface area contributed by atoms with Gasteiger partial charge in [-0.2, -0.15) is 18.4 Å². The fourth-order valence-electron chi connectivity index (χ4n) is 16.9. The lowest BCUT2D eigenvalue weighted by Crippen LogP contribution is -2.58. The number of likely N-dealkylation sites (tertiary alicyclic amines) is 2. The molecule has 4 N–H and O–H groups in total. The zero-order valence-electron chi connectivity index (χ0n) is 81.6. The second kappa shape index (κ2) is 48.1. The van der Waals surface area contributed by atoms with Crippen molar-refractivity contribution in [3.8, 4) is 38.4 Å². The summed E-state index contributed by atoms with van der Waals surface area (Å²) in [6.07, 6.45) is 0.548. The van der Waals surface area contributed by atoms with E-state index in [-0.39, 0.29) is 108 Å². The Kier molecular flexibility index (Phi) is 37.3. The van der Waals surface area contributed by atoms with E-state index in [1.54, 1.807) is 82.4 Å². The topological polar surface area (TPSA) is 313 Å². The standard InChI is InChI=1S/C52H61F4N7O7S2.C51H62FN7O7S2/c1-32-24-41(46(65)58-28-34-12-14-35(15-13-34)44-33(2)59-31-72-44)61(29-32)47(66)45(50(3,4)5)60-43(64)30-69-22-9-8-20-68-21-10-11-23-70-42-19-18-38(26-40(42)53)63-49(71)62(48(67)51(63,6)7)37-17-16-36(27-57)39(25-37)52(54,55)56;1-32-25-41(46(61)54-28-35-13-15-36(16-14-35)44-34(3)55-31-68-44)57(29-32)47(62)45(50(4,5)6)56-43(60)30-65-23-12-22-64-21-10-11-24-66-42-20-18-38(27-39(42)52)59-49(67)58(48(63)51(59,7)8)37-17-19-40(53-9)33(2)26-37/h12-19,25-26,31-32,41,45H,8-11,20-24,28-30H2,1-7H3,(H,58,65)(H,60,64);13-20,26-27,31-32,41,45H,10-12,21-25,28-30H2,1-8H3,(H,54,61)(H,56,60)/t2*32-,41+,45-/m11/s1. The van der Waals surface area contributed by atoms with Crippen molar-refractivity contribution in [1.29, 1.82) is 5.26 Å². The van der Waals surface area contributed by atoms with Crippen molar-refractivity contribution in [1.82, 2.24) is 41.0 Å². The van der Waals surface area contributed by atoms with Crippen LogP contribution in [0.25, 0.3) is 25.7 Å². The summed E-state index contributed by atoms with van der Waals surface area (Å²) in [5.74, 6) is -3.85. The maximum Gasteiger partial charge on any atom is 0.417 e. The monoisotopic (exact) mass is 2000 g/mol. The molecule has 6 aromatic carbocycles. The summed E-state index contributed by atoms with van der Waals surface area (Å²) in [7, 11) is 0. The molecular weight excluding hydrogens is 1880 g/mol. The van der Waals surface area contributed by atoms with E-state index in [1.807, 2.05) is 129 Å². The molecule has 140 heavy (non-hydrogen) atoms. The molecule has 8 amide bonds. The molecule has 12 rings (SSSR count). The van der Waals surface area contributed by atoms with Gasteiger partial charge >= 0.3 is 6.18 Å². The Hall–Kier alpha value is -11.8. The zero-order valence-corrected chi connectivity index (χ0v) is 84.9. The molecule has 0 saturated carbocycles. The van der Waals surface area contributed by atoms with Crippen LogP contribution in [0.5, 0.6) is 11.5 Å². The minimum absolute atomic E-state index is 0.0336. The van der Waals surface area contributed by atoms with Crippen molar-refractivity contribution in [3.63, 3.8) is 0 Å². The Labute approximate surface area is 833 Å². The van der Waals surface area contributed by atoms with E-state index in [9.17, 15) is 56.8 Å². The summed E-state index contributed by atoms with van der Waals surface area (Å²) in [5, 5.41) is 21.0. The smallest absolute Gasteiger partial charge is 0.417 e. The summed E-state index contributed by atoms with van der Waals surface area (Å²) in [6.45, 7) is 38.7. The van der Waals surface area contributed by atoms with Crippen LogP contribution in [0.4, 0.5) is 50.4 Å². The lowest BCUT2D eigenvalue weighted by Gasteiger charge is -2.35. The van der Waals surface area contributed by atoms with Crippen molar-refractivity contribution in [2.45, 2.75) is 216 Å². The van der Waals surface area contributed by atoms with Crippen LogP contribution in [0.15, 0.2) is 132 Å². The van der Waals surface area contributed by atoms with Crippen LogP contribution in [0.1, 0.15) is 180 Å². The van der Waals surface area contributed by atoms with Crippen LogP contribution in [-0.2, 0) is 76.6 Å². The minimum Gasteiger partial charge on any atom is -0.491 e. The lowest BCUT2D eigenvalue weighted by molar-refractivity contribution is -0.144. The van der Waals surface area contributed by atoms with Crippen LogP contribution >= 0.6 is 47.1 Å². The highest BCUT2D eigenvalue weighted by Crippen LogP contribution is 2.44. The number of alkyl halides is 3. The number of carbonyl (C=O) groups is 8. The molecule has 0 aliphatic carbocycles. The summed E-state index contributed by atoms with van der Waals surface area (Å²) in [5.41, 5.74) is 6.24. The number of hydrogen-bond acceptors (Lipinski definition) is 21. The summed E-state index contributed by atoms with van der Waals surface area (Å²) in [4.78, 5) is 131. The molecule has 4 saturated heterocycles. The third kappa shape index (κ3) is 27.3. The number of nitrogens with one attached hydrogen (secondary N) is 4. The second-order valence-corrected chi connectivity index (χ2v) is 41.0. The number of thiocarbonyl (C=S) groups is 2. The van der Waals surface area contributed by atoms with Crippen LogP contribution in [-0.4, -0.2) is 192 Å². The number of ether oxygens (including phenoxy) is 6. The van der Waals surface area contributed by atoms with Crippen molar-refractivity contribution in [3.05, 3.63) is 195 Å². The molecule has 6 atom stereocenters. The molecular formula is C103H123F5N14O14S4. The number of unbranched alkanes of at least 4 members (excludes halogenated alkanes) is 3. The molecule has 0 spiro atoms. The van der Waals surface area contributed by atoms with Crippen LogP contribution < -0.4 is 50.3 Å². The van der Waals surface area contributed by atoms with Gasteiger partial charge < -0.3 is 69.3 Å². The first kappa shape index (κ1) is 109. The van der Waals surface area contributed by atoms with Crippen LogP contribution in [0.3, 0.4) is 0 Å². The third-order valence-corrected chi connectivity index (χ3v) is 27.3. The number of nitriles is 1. The first-order valence-electron chi connectivity index (χ1n) is 46.7. The van der Waals surface area contributed by atoms with Gasteiger partial charge in [0.2, 0.25) is 35.4 Å². The van der Waals surface area contributed by atoms with Crippen molar-refractivity contribution in [2.24, 2.45) is 22.7 Å². The maximum absolute atomic E-state index is 15.3. The van der Waals surface area contributed by atoms with E-state index in [0.717, 1.165) is 66.0 Å². The molecule has 8 aromatic rings. The number of benzene rings is 6. The van der Waals surface area contributed by atoms with Gasteiger partial charge in [0.25, 0.3) is 11.8 Å². The van der Waals surface area contributed by atoms with Gasteiger partial charge in [-0.15, -0.1) is 22.7 Å². The van der Waals surface area contributed by atoms with E-state index in [4.69, 9.17) is 59.4 Å². The molecule has 748 valence electrons. The highest BCUT2D eigenvalue weighted by atomic mass is 32.1. The van der Waals surface area contributed by atoms with Gasteiger partial charge in [-0.05, 0) is 236 Å². The van der Waals surface area contributed by atoms with Crippen LogP contribution in [0, 0.1) is 73.0 Å². The number of aryl methyl sites for hydroxylation is 3. The Morgan fingerprint density at radius 3 is 1.29 bits per heavy atom. The predicted molar refractivity (Wildman–Crippen MR) is 536 cm³/mol. The van der Waals surface area contributed by atoms with E-state index >= 15 is 8.78 Å². The van der Waals surface area contributed by atoms with Gasteiger partial charge in [-0.25, -0.2) is 23.6 Å². The number of thiazole rings is 2. The molecule has 37 heteroatoms. The van der Waals surface area contributed by atoms with Gasteiger partial charge in [-0.3, -0.25) is 48.2 Å². The Morgan fingerprint density at radius 1 is 0.536 bits per heavy atom. The van der Waals surface area contributed by atoms with E-state index in [0.29, 0.717) is 140 Å². The number of aromatic nitrogens is 2. The van der Waals surface area contributed by atoms with Crippen LogP contribution in [0.2, 0.25) is 0 Å². The van der Waals surface area contributed by atoms with Crippen molar-refractivity contribution >= 4 is 133 Å². The minimum atomic E-state index is -4.85. The Morgan fingerprint density at radius 2 is 0.914 bits per heavy atom. The number of amides is 8. The quantitative estimate of drug-likeness (QED) is 0.0120. The first-order chi connectivity index (χ1) is 66.3. The number of carbonyl (C=O) groups excluding carboxylic acids is 8. The number of hydrogen-bond donors (Lipinski definition) is 4. The highest BCUT2D eigenvalue weighted by Gasteiger charge is 2.53. The van der Waals surface area contributed by atoms with Gasteiger partial charge in [0.1, 0.15) is 48.5 Å². The molecule has 0 bridgehead atoms. The molecule has 28 nitrogen and oxygen atoms in total. The van der Waals surface area contributed by atoms with Gasteiger partial charge in [0.05, 0.1) is 74.8 Å².